The summed E-state index contributed by atoms with van der Waals surface area (Å²) in [5.74, 6) is 0.233. The number of sulfonamides is 1. The fraction of sp³-hybridized carbons (Fsp3) is 0.214. The molecular formula is C14H17N3O3S. The van der Waals surface area contributed by atoms with Crippen molar-refractivity contribution in [3.05, 3.63) is 48.3 Å². The van der Waals surface area contributed by atoms with Gasteiger partial charge in [0.25, 0.3) is 0 Å². The average Bonchev–Trinajstić information content (AvgIpc) is 2.47. The highest BCUT2D eigenvalue weighted by Gasteiger charge is 2.24. The maximum atomic E-state index is 12.6. The first-order chi connectivity index (χ1) is 9.95. The van der Waals surface area contributed by atoms with Gasteiger partial charge in [0.1, 0.15) is 10.6 Å². The molecule has 2 aromatic rings. The van der Waals surface area contributed by atoms with Crippen molar-refractivity contribution in [1.82, 2.24) is 9.29 Å². The topological polar surface area (TPSA) is 85.5 Å². The van der Waals surface area contributed by atoms with Gasteiger partial charge >= 0.3 is 0 Å². The van der Waals surface area contributed by atoms with Gasteiger partial charge in [-0.1, -0.05) is 0 Å². The van der Waals surface area contributed by atoms with Crippen LogP contribution in [0.25, 0.3) is 0 Å². The molecule has 2 N–H and O–H groups in total. The lowest BCUT2D eigenvalue weighted by atomic mass is 10.3. The van der Waals surface area contributed by atoms with Crippen LogP contribution in [-0.4, -0.2) is 31.9 Å². The Balaban J connectivity index is 2.33. The Bertz CT molecular complexity index is 717. The van der Waals surface area contributed by atoms with Crippen molar-refractivity contribution in [2.24, 2.45) is 0 Å². The number of hydrogen-bond donors (Lipinski definition) is 1. The van der Waals surface area contributed by atoms with E-state index in [0.29, 0.717) is 5.69 Å². The molecule has 21 heavy (non-hydrogen) atoms. The number of nitrogens with zero attached hydrogens (tertiary/aromatic N) is 2. The number of benzene rings is 1. The van der Waals surface area contributed by atoms with Crippen LogP contribution in [0.3, 0.4) is 0 Å². The van der Waals surface area contributed by atoms with Crippen molar-refractivity contribution in [2.75, 3.05) is 19.9 Å². The molecule has 0 radical (unpaired) electrons. The predicted molar refractivity (Wildman–Crippen MR) is 80.3 cm³/mol. The molecular weight excluding hydrogens is 290 g/mol. The number of rotatable bonds is 5. The van der Waals surface area contributed by atoms with Gasteiger partial charge in [0.2, 0.25) is 10.0 Å². The summed E-state index contributed by atoms with van der Waals surface area (Å²) >= 11 is 0. The van der Waals surface area contributed by atoms with Gasteiger partial charge in [-0.25, -0.2) is 8.42 Å². The van der Waals surface area contributed by atoms with Gasteiger partial charge in [-0.2, -0.15) is 4.31 Å². The number of anilines is 1. The molecule has 1 heterocycles. The molecule has 0 aliphatic rings. The van der Waals surface area contributed by atoms with Crippen molar-refractivity contribution >= 4 is 15.7 Å². The summed E-state index contributed by atoms with van der Waals surface area (Å²) in [5.41, 5.74) is 6.95. The van der Waals surface area contributed by atoms with Gasteiger partial charge in [0, 0.05) is 37.7 Å². The number of methoxy groups -OCH3 is 1. The number of pyridine rings is 1. The van der Waals surface area contributed by atoms with Crippen LogP contribution in [0.5, 0.6) is 5.75 Å². The van der Waals surface area contributed by atoms with E-state index in [4.69, 9.17) is 10.5 Å². The summed E-state index contributed by atoms with van der Waals surface area (Å²) in [6.45, 7) is 0.248. The van der Waals surface area contributed by atoms with Crippen molar-refractivity contribution in [2.45, 2.75) is 11.4 Å². The zero-order chi connectivity index (χ0) is 15.5. The normalized spacial score (nSPS) is 11.6. The Morgan fingerprint density at radius 2 is 1.90 bits per heavy atom. The second-order valence-electron chi connectivity index (χ2n) is 4.53. The van der Waals surface area contributed by atoms with Crippen molar-refractivity contribution in [3.63, 3.8) is 0 Å². The SMILES string of the molecule is COc1cc(N)ccc1S(=O)(=O)N(C)Cc1ccncc1. The maximum absolute atomic E-state index is 12.6. The maximum Gasteiger partial charge on any atom is 0.246 e. The first kappa shape index (κ1) is 15.3. The van der Waals surface area contributed by atoms with Crippen molar-refractivity contribution < 1.29 is 13.2 Å². The van der Waals surface area contributed by atoms with Gasteiger partial charge < -0.3 is 10.5 Å². The van der Waals surface area contributed by atoms with E-state index in [0.717, 1.165) is 5.56 Å². The molecule has 0 aliphatic carbocycles. The predicted octanol–water partition coefficient (Wildman–Crippen LogP) is 1.49. The average molecular weight is 307 g/mol. The summed E-state index contributed by atoms with van der Waals surface area (Å²) in [6.07, 6.45) is 3.25. The third kappa shape index (κ3) is 3.32. The van der Waals surface area contributed by atoms with Crippen LogP contribution in [0.4, 0.5) is 5.69 Å². The Labute approximate surface area is 124 Å². The molecule has 0 saturated heterocycles. The number of nitrogens with two attached hydrogens (primary N) is 1. The fourth-order valence-corrected chi connectivity index (χ4v) is 3.19. The van der Waals surface area contributed by atoms with Crippen LogP contribution < -0.4 is 10.5 Å². The zero-order valence-electron chi connectivity index (χ0n) is 11.9. The van der Waals surface area contributed by atoms with E-state index < -0.39 is 10.0 Å². The Morgan fingerprint density at radius 3 is 2.52 bits per heavy atom. The Hall–Kier alpha value is -2.12. The van der Waals surface area contributed by atoms with E-state index in [-0.39, 0.29) is 17.2 Å². The molecule has 0 spiro atoms. The van der Waals surface area contributed by atoms with Gasteiger partial charge in [-0.3, -0.25) is 4.98 Å². The van der Waals surface area contributed by atoms with Crippen LogP contribution in [0.2, 0.25) is 0 Å². The minimum absolute atomic E-state index is 0.0933. The molecule has 0 amide bonds. The standard InChI is InChI=1S/C14H17N3O3S/c1-17(10-11-5-7-16-8-6-11)21(18,19)14-4-3-12(15)9-13(14)20-2/h3-9H,10,15H2,1-2H3. The van der Waals surface area contributed by atoms with E-state index in [2.05, 4.69) is 4.98 Å². The van der Waals surface area contributed by atoms with Crippen LogP contribution >= 0.6 is 0 Å². The van der Waals surface area contributed by atoms with Gasteiger partial charge in [0.15, 0.2) is 0 Å². The molecule has 1 aromatic carbocycles. The van der Waals surface area contributed by atoms with Crippen molar-refractivity contribution in [1.29, 1.82) is 0 Å². The highest BCUT2D eigenvalue weighted by atomic mass is 32.2. The first-order valence-corrected chi connectivity index (χ1v) is 7.68. The van der Waals surface area contributed by atoms with Gasteiger partial charge in [-0.15, -0.1) is 0 Å². The summed E-state index contributed by atoms with van der Waals surface area (Å²) in [4.78, 5) is 4.00. The lowest BCUT2D eigenvalue weighted by molar-refractivity contribution is 0.398. The highest BCUT2D eigenvalue weighted by molar-refractivity contribution is 7.89. The Morgan fingerprint density at radius 1 is 1.24 bits per heavy atom. The van der Waals surface area contributed by atoms with E-state index >= 15 is 0 Å². The summed E-state index contributed by atoms with van der Waals surface area (Å²) in [6, 6.07) is 8.02. The third-order valence-electron chi connectivity index (χ3n) is 3.03. The molecule has 112 valence electrons. The van der Waals surface area contributed by atoms with Crippen LogP contribution in [0.15, 0.2) is 47.6 Å². The number of ether oxygens (including phenoxy) is 1. The molecule has 6 nitrogen and oxygen atoms in total. The quantitative estimate of drug-likeness (QED) is 0.846. The number of hydrogen-bond acceptors (Lipinski definition) is 5. The summed E-state index contributed by atoms with van der Waals surface area (Å²) < 4.78 is 31.6. The molecule has 0 bridgehead atoms. The lowest BCUT2D eigenvalue weighted by Crippen LogP contribution is -2.27. The monoisotopic (exact) mass is 307 g/mol. The molecule has 0 unspecified atom stereocenters. The summed E-state index contributed by atoms with van der Waals surface area (Å²) in [5, 5.41) is 0. The van der Waals surface area contributed by atoms with Gasteiger partial charge in [-0.05, 0) is 29.8 Å². The van der Waals surface area contributed by atoms with Crippen molar-refractivity contribution in [3.8, 4) is 5.75 Å². The van der Waals surface area contributed by atoms with E-state index in [1.165, 1.54) is 36.7 Å². The minimum Gasteiger partial charge on any atom is -0.495 e. The van der Waals surface area contributed by atoms with E-state index in [1.54, 1.807) is 24.5 Å². The van der Waals surface area contributed by atoms with E-state index in [1.807, 2.05) is 0 Å². The third-order valence-corrected chi connectivity index (χ3v) is 4.87. The second-order valence-corrected chi connectivity index (χ2v) is 6.54. The van der Waals surface area contributed by atoms with Crippen LogP contribution in [0, 0.1) is 0 Å². The molecule has 0 atom stereocenters. The minimum atomic E-state index is -3.66. The molecule has 7 heteroatoms. The van der Waals surface area contributed by atoms with E-state index in [9.17, 15) is 8.42 Å². The largest absolute Gasteiger partial charge is 0.495 e. The molecule has 0 aliphatic heterocycles. The molecule has 2 rings (SSSR count). The highest BCUT2D eigenvalue weighted by Crippen LogP contribution is 2.28. The first-order valence-electron chi connectivity index (χ1n) is 6.24. The molecule has 0 fully saturated rings. The molecule has 0 saturated carbocycles. The Kier molecular flexibility index (Phi) is 4.44. The lowest BCUT2D eigenvalue weighted by Gasteiger charge is -2.19. The smallest absolute Gasteiger partial charge is 0.246 e. The summed E-state index contributed by atoms with van der Waals surface area (Å²) in [7, 11) is -0.732. The fourth-order valence-electron chi connectivity index (χ4n) is 1.90. The van der Waals surface area contributed by atoms with Crippen LogP contribution in [0.1, 0.15) is 5.56 Å². The number of aromatic nitrogens is 1. The van der Waals surface area contributed by atoms with Crippen LogP contribution in [-0.2, 0) is 16.6 Å². The van der Waals surface area contributed by atoms with Gasteiger partial charge in [0.05, 0.1) is 7.11 Å². The number of nitrogen functional groups attached to an aromatic ring is 1. The molecule has 1 aromatic heterocycles. The second kappa shape index (κ2) is 6.11. The zero-order valence-corrected chi connectivity index (χ0v) is 12.7.